The molecule has 5 nitrogen and oxygen atoms in total. The molecule has 0 radical (unpaired) electrons. The van der Waals surface area contributed by atoms with Crippen LogP contribution in [-0.4, -0.2) is 65.8 Å². The summed E-state index contributed by atoms with van der Waals surface area (Å²) in [4.78, 5) is 26.9. The fraction of sp³-hybridized carbons (Fsp3) is 0.818. The van der Waals surface area contributed by atoms with Crippen LogP contribution in [0.5, 0.6) is 0 Å². The van der Waals surface area contributed by atoms with Crippen LogP contribution in [-0.2, 0) is 14.3 Å². The Kier molecular flexibility index (Phi) is 4.94. The lowest BCUT2D eigenvalue weighted by Gasteiger charge is -2.36. The first-order chi connectivity index (χ1) is 7.84. The predicted molar refractivity (Wildman–Crippen MR) is 68.0 cm³/mol. The Labute approximate surface area is 110 Å². The molecule has 0 N–H and O–H groups in total. The molecule has 0 aromatic rings. The van der Waals surface area contributed by atoms with Crippen molar-refractivity contribution in [3.05, 3.63) is 0 Å². The molecular weight excluding hydrogens is 288 g/mol. The third-order valence-electron chi connectivity index (χ3n) is 2.75. The Morgan fingerprint density at radius 1 is 1.24 bits per heavy atom. The van der Waals surface area contributed by atoms with Crippen LogP contribution in [0.15, 0.2) is 0 Å². The van der Waals surface area contributed by atoms with Gasteiger partial charge in [0.2, 0.25) is 5.91 Å². The lowest BCUT2D eigenvalue weighted by Crippen LogP contribution is -2.53. The molecule has 0 bridgehead atoms. The van der Waals surface area contributed by atoms with Crippen LogP contribution in [0.1, 0.15) is 13.8 Å². The van der Waals surface area contributed by atoms with E-state index in [1.54, 1.807) is 0 Å². The van der Waals surface area contributed by atoms with Gasteiger partial charge < -0.3 is 9.64 Å². The van der Waals surface area contributed by atoms with E-state index < -0.39 is 4.32 Å². The number of alkyl halides is 1. The SMILES string of the molecule is COC(=O)CN1CCN(C(=O)C(C)(C)Br)CC1. The normalized spacial score (nSPS) is 18.0. The summed E-state index contributed by atoms with van der Waals surface area (Å²) in [7, 11) is 1.38. The Hall–Kier alpha value is -0.620. The summed E-state index contributed by atoms with van der Waals surface area (Å²) in [6.07, 6.45) is 0. The highest BCUT2D eigenvalue weighted by Gasteiger charge is 2.31. The summed E-state index contributed by atoms with van der Waals surface area (Å²) in [5, 5.41) is 0. The molecule has 0 spiro atoms. The molecule has 0 aliphatic carbocycles. The molecule has 1 aliphatic rings. The maximum Gasteiger partial charge on any atom is 0.319 e. The van der Waals surface area contributed by atoms with E-state index in [1.807, 2.05) is 23.6 Å². The standard InChI is InChI=1S/C11H19BrN2O3/c1-11(2,12)10(16)14-6-4-13(5-7-14)8-9(15)17-3/h4-8H2,1-3H3. The number of methoxy groups -OCH3 is 1. The molecule has 1 fully saturated rings. The van der Waals surface area contributed by atoms with Gasteiger partial charge in [-0.05, 0) is 13.8 Å². The minimum absolute atomic E-state index is 0.0928. The average Bonchev–Trinajstić information content (AvgIpc) is 2.27. The molecule has 1 rings (SSSR count). The first-order valence-corrected chi connectivity index (χ1v) is 6.41. The van der Waals surface area contributed by atoms with Crippen LogP contribution >= 0.6 is 15.9 Å². The number of esters is 1. The van der Waals surface area contributed by atoms with E-state index in [0.29, 0.717) is 32.7 Å². The monoisotopic (exact) mass is 306 g/mol. The zero-order valence-electron chi connectivity index (χ0n) is 10.5. The highest BCUT2D eigenvalue weighted by atomic mass is 79.9. The van der Waals surface area contributed by atoms with Crippen LogP contribution in [0.4, 0.5) is 0 Å². The quantitative estimate of drug-likeness (QED) is 0.562. The molecule has 1 amide bonds. The molecule has 0 aromatic heterocycles. The van der Waals surface area contributed by atoms with Crippen molar-refractivity contribution in [1.29, 1.82) is 0 Å². The Morgan fingerprint density at radius 3 is 2.18 bits per heavy atom. The van der Waals surface area contributed by atoms with Gasteiger partial charge in [0, 0.05) is 26.2 Å². The molecule has 1 heterocycles. The number of carbonyl (C=O) groups is 2. The largest absolute Gasteiger partial charge is 0.468 e. The van der Waals surface area contributed by atoms with E-state index in [2.05, 4.69) is 20.7 Å². The van der Waals surface area contributed by atoms with Crippen LogP contribution in [0.2, 0.25) is 0 Å². The summed E-state index contributed by atoms with van der Waals surface area (Å²) in [6, 6.07) is 0. The number of halogens is 1. The van der Waals surface area contributed by atoms with Crippen molar-refractivity contribution >= 4 is 27.8 Å². The fourth-order valence-electron chi connectivity index (χ4n) is 1.73. The van der Waals surface area contributed by atoms with Crippen LogP contribution < -0.4 is 0 Å². The predicted octanol–water partition coefficient (Wildman–Crippen LogP) is 0.477. The molecule has 98 valence electrons. The topological polar surface area (TPSA) is 49.9 Å². The van der Waals surface area contributed by atoms with E-state index >= 15 is 0 Å². The van der Waals surface area contributed by atoms with Gasteiger partial charge >= 0.3 is 5.97 Å². The molecule has 0 unspecified atom stereocenters. The van der Waals surface area contributed by atoms with Gasteiger partial charge in [0.05, 0.1) is 18.0 Å². The number of piperazine rings is 1. The van der Waals surface area contributed by atoms with Crippen LogP contribution in [0.3, 0.4) is 0 Å². The van der Waals surface area contributed by atoms with Gasteiger partial charge in [-0.2, -0.15) is 0 Å². The van der Waals surface area contributed by atoms with E-state index in [1.165, 1.54) is 7.11 Å². The molecular formula is C11H19BrN2O3. The van der Waals surface area contributed by atoms with Gasteiger partial charge in [-0.25, -0.2) is 0 Å². The van der Waals surface area contributed by atoms with E-state index in [9.17, 15) is 9.59 Å². The third kappa shape index (κ3) is 4.27. The van der Waals surface area contributed by atoms with Crippen LogP contribution in [0, 0.1) is 0 Å². The highest BCUT2D eigenvalue weighted by molar-refractivity contribution is 9.10. The Bertz CT molecular complexity index is 294. The van der Waals surface area contributed by atoms with Gasteiger partial charge in [-0.1, -0.05) is 15.9 Å². The molecule has 1 aliphatic heterocycles. The smallest absolute Gasteiger partial charge is 0.319 e. The van der Waals surface area contributed by atoms with Crippen molar-refractivity contribution in [1.82, 2.24) is 9.80 Å². The highest BCUT2D eigenvalue weighted by Crippen LogP contribution is 2.20. The van der Waals surface area contributed by atoms with E-state index in [4.69, 9.17) is 0 Å². The van der Waals surface area contributed by atoms with Crippen molar-refractivity contribution in [2.24, 2.45) is 0 Å². The number of amides is 1. The molecule has 0 aromatic carbocycles. The first kappa shape index (κ1) is 14.4. The minimum Gasteiger partial charge on any atom is -0.468 e. The number of rotatable bonds is 3. The summed E-state index contributed by atoms with van der Waals surface area (Å²) in [5.74, 6) is -0.138. The van der Waals surface area contributed by atoms with Gasteiger partial charge in [0.25, 0.3) is 0 Å². The first-order valence-electron chi connectivity index (χ1n) is 5.62. The maximum absolute atomic E-state index is 12.0. The number of nitrogens with zero attached hydrogens (tertiary/aromatic N) is 2. The summed E-state index contributed by atoms with van der Waals surface area (Å²) in [6.45, 7) is 6.73. The van der Waals surface area contributed by atoms with Gasteiger partial charge in [-0.15, -0.1) is 0 Å². The lowest BCUT2D eigenvalue weighted by atomic mass is 10.1. The molecule has 6 heteroatoms. The second kappa shape index (κ2) is 5.82. The zero-order valence-corrected chi connectivity index (χ0v) is 12.1. The van der Waals surface area contributed by atoms with E-state index in [-0.39, 0.29) is 11.9 Å². The molecule has 17 heavy (non-hydrogen) atoms. The molecule has 0 atom stereocenters. The average molecular weight is 307 g/mol. The number of hydrogen-bond donors (Lipinski definition) is 0. The summed E-state index contributed by atoms with van der Waals surface area (Å²) >= 11 is 3.37. The van der Waals surface area contributed by atoms with Crippen molar-refractivity contribution in [3.63, 3.8) is 0 Å². The third-order valence-corrected chi connectivity index (χ3v) is 3.09. The number of carbonyl (C=O) groups excluding carboxylic acids is 2. The number of hydrogen-bond acceptors (Lipinski definition) is 4. The Morgan fingerprint density at radius 2 is 1.76 bits per heavy atom. The van der Waals surface area contributed by atoms with Crippen molar-refractivity contribution in [3.8, 4) is 0 Å². The fourth-order valence-corrected chi connectivity index (χ4v) is 1.98. The lowest BCUT2D eigenvalue weighted by molar-refractivity contribution is -0.142. The van der Waals surface area contributed by atoms with E-state index in [0.717, 1.165) is 0 Å². The van der Waals surface area contributed by atoms with Crippen LogP contribution in [0.25, 0.3) is 0 Å². The summed E-state index contributed by atoms with van der Waals surface area (Å²) in [5.41, 5.74) is 0. The van der Waals surface area contributed by atoms with Crippen molar-refractivity contribution in [2.75, 3.05) is 39.8 Å². The van der Waals surface area contributed by atoms with Crippen molar-refractivity contribution in [2.45, 2.75) is 18.2 Å². The maximum atomic E-state index is 12.0. The second-order valence-electron chi connectivity index (χ2n) is 4.62. The Balaban J connectivity index is 2.41. The molecule has 1 saturated heterocycles. The second-order valence-corrected chi connectivity index (χ2v) is 6.60. The minimum atomic E-state index is -0.516. The molecule has 0 saturated carbocycles. The number of ether oxygens (including phenoxy) is 1. The van der Waals surface area contributed by atoms with Crippen molar-refractivity contribution < 1.29 is 14.3 Å². The van der Waals surface area contributed by atoms with Gasteiger partial charge in [-0.3, -0.25) is 14.5 Å². The summed E-state index contributed by atoms with van der Waals surface area (Å²) < 4.78 is 4.10. The zero-order chi connectivity index (χ0) is 13.1. The van der Waals surface area contributed by atoms with Gasteiger partial charge in [0.15, 0.2) is 0 Å². The van der Waals surface area contributed by atoms with Gasteiger partial charge in [0.1, 0.15) is 0 Å².